The first kappa shape index (κ1) is 26.7. The fourth-order valence-corrected chi connectivity index (χ4v) is 4.98. The first-order valence-electron chi connectivity index (χ1n) is 13.9. The molecular formula is C30H38N6O3. The number of unbranched alkanes of at least 4 members (excludes halogenated alkanes) is 1. The van der Waals surface area contributed by atoms with Gasteiger partial charge in [0.05, 0.1) is 26.0 Å². The Morgan fingerprint density at radius 2 is 1.74 bits per heavy atom. The summed E-state index contributed by atoms with van der Waals surface area (Å²) in [5.74, 6) is 1.36. The van der Waals surface area contributed by atoms with Crippen LogP contribution in [0, 0.1) is 0 Å². The summed E-state index contributed by atoms with van der Waals surface area (Å²) in [7, 11) is 1.65. The van der Waals surface area contributed by atoms with Gasteiger partial charge in [0.2, 0.25) is 0 Å². The SMILES string of the molecule is CCCCOc1nc2c(c(NCc3ccc(OC)cc3)n1)NC(=O)N(Cc1ccccc1CN1CCCC1)C2. The van der Waals surface area contributed by atoms with Crippen molar-refractivity contribution in [2.45, 2.75) is 58.8 Å². The molecule has 2 aliphatic rings. The van der Waals surface area contributed by atoms with Crippen LogP contribution in [0.3, 0.4) is 0 Å². The lowest BCUT2D eigenvalue weighted by Gasteiger charge is -2.30. The van der Waals surface area contributed by atoms with Gasteiger partial charge in [-0.3, -0.25) is 4.90 Å². The van der Waals surface area contributed by atoms with Crippen LogP contribution in [0.15, 0.2) is 48.5 Å². The molecule has 0 spiro atoms. The van der Waals surface area contributed by atoms with Crippen molar-refractivity contribution in [3.63, 3.8) is 0 Å². The molecular weight excluding hydrogens is 492 g/mol. The molecule has 5 rings (SSSR count). The Balaban J connectivity index is 1.35. The third-order valence-corrected chi connectivity index (χ3v) is 7.24. The Kier molecular flexibility index (Phi) is 8.78. The number of aromatic nitrogens is 2. The first-order valence-corrected chi connectivity index (χ1v) is 13.9. The molecule has 2 aliphatic heterocycles. The van der Waals surface area contributed by atoms with Gasteiger partial charge in [0.15, 0.2) is 5.82 Å². The second-order valence-electron chi connectivity index (χ2n) is 10.1. The number of rotatable bonds is 12. The van der Waals surface area contributed by atoms with Gasteiger partial charge in [0.1, 0.15) is 11.4 Å². The number of amides is 2. The highest BCUT2D eigenvalue weighted by Crippen LogP contribution is 2.32. The topological polar surface area (TPSA) is 91.8 Å². The molecule has 3 aromatic rings. The molecule has 9 nitrogen and oxygen atoms in total. The molecule has 0 atom stereocenters. The van der Waals surface area contributed by atoms with E-state index in [2.05, 4.69) is 45.6 Å². The predicted octanol–water partition coefficient (Wildman–Crippen LogP) is 5.42. The van der Waals surface area contributed by atoms with Crippen molar-refractivity contribution >= 4 is 17.5 Å². The lowest BCUT2D eigenvalue weighted by atomic mass is 10.1. The van der Waals surface area contributed by atoms with Crippen LogP contribution in [0.2, 0.25) is 0 Å². The standard InChI is InChI=1S/C30H38N6O3/c1-3-4-17-39-29-32-26-21-36(20-24-10-6-5-9-23(24)19-35-15-7-8-16-35)30(37)33-27(26)28(34-29)31-18-22-11-13-25(38-2)14-12-22/h5-6,9-14H,3-4,7-8,15-21H2,1-2H3,(H,33,37)(H,31,32,34). The van der Waals surface area contributed by atoms with Gasteiger partial charge in [-0.05, 0) is 61.2 Å². The zero-order valence-corrected chi connectivity index (χ0v) is 22.9. The molecule has 0 aliphatic carbocycles. The minimum absolute atomic E-state index is 0.158. The van der Waals surface area contributed by atoms with Crippen LogP contribution in [0.25, 0.3) is 0 Å². The number of methoxy groups -OCH3 is 1. The van der Waals surface area contributed by atoms with Crippen molar-refractivity contribution in [3.8, 4) is 11.8 Å². The third kappa shape index (κ3) is 6.78. The van der Waals surface area contributed by atoms with Gasteiger partial charge in [-0.2, -0.15) is 9.97 Å². The summed E-state index contributed by atoms with van der Waals surface area (Å²) >= 11 is 0. The number of hydrogen-bond donors (Lipinski definition) is 2. The molecule has 1 aromatic heterocycles. The van der Waals surface area contributed by atoms with Crippen molar-refractivity contribution < 1.29 is 14.3 Å². The van der Waals surface area contributed by atoms with E-state index in [4.69, 9.17) is 14.5 Å². The summed E-state index contributed by atoms with van der Waals surface area (Å²) < 4.78 is 11.2. The van der Waals surface area contributed by atoms with Gasteiger partial charge in [-0.25, -0.2) is 4.79 Å². The second kappa shape index (κ2) is 12.8. The van der Waals surface area contributed by atoms with Crippen molar-refractivity contribution in [1.29, 1.82) is 0 Å². The maximum absolute atomic E-state index is 13.3. The fourth-order valence-electron chi connectivity index (χ4n) is 4.98. The average molecular weight is 531 g/mol. The molecule has 0 unspecified atom stereocenters. The largest absolute Gasteiger partial charge is 0.497 e. The molecule has 9 heteroatoms. The number of carbonyl (C=O) groups excluding carboxylic acids is 1. The van der Waals surface area contributed by atoms with E-state index in [1.54, 1.807) is 12.0 Å². The Bertz CT molecular complexity index is 1260. The Morgan fingerprint density at radius 1 is 1.00 bits per heavy atom. The van der Waals surface area contributed by atoms with E-state index in [9.17, 15) is 4.79 Å². The highest BCUT2D eigenvalue weighted by Gasteiger charge is 2.28. The van der Waals surface area contributed by atoms with Gasteiger partial charge >= 0.3 is 12.0 Å². The molecule has 0 saturated carbocycles. The van der Waals surface area contributed by atoms with Crippen molar-refractivity contribution in [2.75, 3.05) is 37.4 Å². The van der Waals surface area contributed by atoms with Crippen molar-refractivity contribution in [1.82, 2.24) is 19.8 Å². The summed E-state index contributed by atoms with van der Waals surface area (Å²) in [6, 6.07) is 16.4. The maximum Gasteiger partial charge on any atom is 0.322 e. The number of urea groups is 1. The van der Waals surface area contributed by atoms with Crippen LogP contribution in [0.1, 0.15) is 55.0 Å². The van der Waals surface area contributed by atoms with Gasteiger partial charge < -0.3 is 25.0 Å². The molecule has 2 amide bonds. The fraction of sp³-hybridized carbons (Fsp3) is 0.433. The van der Waals surface area contributed by atoms with Gasteiger partial charge in [-0.15, -0.1) is 0 Å². The molecule has 3 heterocycles. The average Bonchev–Trinajstić information content (AvgIpc) is 3.47. The molecule has 0 bridgehead atoms. The maximum atomic E-state index is 13.3. The monoisotopic (exact) mass is 530 g/mol. The number of nitrogens with zero attached hydrogens (tertiary/aromatic N) is 4. The van der Waals surface area contributed by atoms with E-state index in [0.29, 0.717) is 43.8 Å². The summed E-state index contributed by atoms with van der Waals surface area (Å²) in [6.45, 7) is 7.28. The van der Waals surface area contributed by atoms with E-state index in [-0.39, 0.29) is 6.03 Å². The summed E-state index contributed by atoms with van der Waals surface area (Å²) in [5.41, 5.74) is 4.85. The highest BCUT2D eigenvalue weighted by molar-refractivity contribution is 5.95. The molecule has 1 saturated heterocycles. The van der Waals surface area contributed by atoms with Crippen LogP contribution < -0.4 is 20.1 Å². The van der Waals surface area contributed by atoms with E-state index < -0.39 is 0 Å². The summed E-state index contributed by atoms with van der Waals surface area (Å²) in [6.07, 6.45) is 4.45. The van der Waals surface area contributed by atoms with Crippen molar-refractivity contribution in [3.05, 3.63) is 70.9 Å². The predicted molar refractivity (Wildman–Crippen MR) is 152 cm³/mol. The number of nitrogens with one attached hydrogen (secondary N) is 2. The van der Waals surface area contributed by atoms with Crippen LogP contribution >= 0.6 is 0 Å². The third-order valence-electron chi connectivity index (χ3n) is 7.24. The zero-order chi connectivity index (χ0) is 27.0. The second-order valence-corrected chi connectivity index (χ2v) is 10.1. The lowest BCUT2D eigenvalue weighted by Crippen LogP contribution is -2.39. The zero-order valence-electron chi connectivity index (χ0n) is 22.9. The van der Waals surface area contributed by atoms with Crippen molar-refractivity contribution in [2.24, 2.45) is 0 Å². The summed E-state index contributed by atoms with van der Waals surface area (Å²) in [5, 5.41) is 6.44. The van der Waals surface area contributed by atoms with Crippen LogP contribution in [0.4, 0.5) is 16.3 Å². The van der Waals surface area contributed by atoms with E-state index in [1.165, 1.54) is 18.4 Å². The number of fused-ring (bicyclic) bond motifs is 1. The molecule has 2 N–H and O–H groups in total. The van der Waals surface area contributed by atoms with E-state index in [1.807, 2.05) is 30.3 Å². The Morgan fingerprint density at radius 3 is 2.46 bits per heavy atom. The highest BCUT2D eigenvalue weighted by atomic mass is 16.5. The molecule has 2 aromatic carbocycles. The lowest BCUT2D eigenvalue weighted by molar-refractivity contribution is 0.201. The van der Waals surface area contributed by atoms with Gasteiger partial charge in [0, 0.05) is 19.6 Å². The minimum atomic E-state index is -0.158. The molecule has 39 heavy (non-hydrogen) atoms. The number of carbonyl (C=O) groups is 1. The van der Waals surface area contributed by atoms with Gasteiger partial charge in [0.25, 0.3) is 0 Å². The quantitative estimate of drug-likeness (QED) is 0.302. The Hall–Kier alpha value is -3.85. The number of ether oxygens (including phenoxy) is 2. The smallest absolute Gasteiger partial charge is 0.322 e. The molecule has 0 radical (unpaired) electrons. The number of anilines is 2. The number of likely N-dealkylation sites (tertiary alicyclic amines) is 1. The van der Waals surface area contributed by atoms with Crippen LogP contribution in [0.5, 0.6) is 11.8 Å². The first-order chi connectivity index (χ1) is 19.1. The van der Waals surface area contributed by atoms with E-state index in [0.717, 1.165) is 55.0 Å². The van der Waals surface area contributed by atoms with Crippen LogP contribution in [-0.4, -0.2) is 52.6 Å². The minimum Gasteiger partial charge on any atom is -0.497 e. The molecule has 1 fully saturated rings. The van der Waals surface area contributed by atoms with E-state index >= 15 is 0 Å². The normalized spacial score (nSPS) is 15.1. The Labute approximate surface area is 230 Å². The number of benzene rings is 2. The van der Waals surface area contributed by atoms with Gasteiger partial charge in [-0.1, -0.05) is 49.7 Å². The van der Waals surface area contributed by atoms with Crippen LogP contribution in [-0.2, 0) is 26.2 Å². The number of hydrogen-bond acceptors (Lipinski definition) is 7. The summed E-state index contributed by atoms with van der Waals surface area (Å²) in [4.78, 5) is 26.9. The molecule has 206 valence electrons.